The highest BCUT2D eigenvalue weighted by atomic mass is 32.1. The Balaban J connectivity index is 1.87. The molecule has 41 heavy (non-hydrogen) atoms. The van der Waals surface area contributed by atoms with Gasteiger partial charge in [0, 0.05) is 42.1 Å². The van der Waals surface area contributed by atoms with Gasteiger partial charge in [0.15, 0.2) is 0 Å². The van der Waals surface area contributed by atoms with Crippen LogP contribution in [0.3, 0.4) is 0 Å². The van der Waals surface area contributed by atoms with Gasteiger partial charge >= 0.3 is 11.9 Å². The number of amides is 3. The molecule has 3 aromatic rings. The van der Waals surface area contributed by atoms with E-state index in [9.17, 15) is 29.1 Å². The number of para-hydroxylation sites is 1. The SMILES string of the molecule is NC(CS)C(=O)NC(CCC(=O)O)C(=O)NC(Cc1c[nH]c2ccccc12)C(=O)NC(Cc1ccccc1)C(=O)O. The average molecular weight is 584 g/mol. The number of aliphatic carboxylic acids is 2. The first-order chi connectivity index (χ1) is 19.6. The Morgan fingerprint density at radius 1 is 0.805 bits per heavy atom. The van der Waals surface area contributed by atoms with E-state index in [2.05, 4.69) is 33.6 Å². The lowest BCUT2D eigenvalue weighted by atomic mass is 10.0. The Morgan fingerprint density at radius 3 is 2.07 bits per heavy atom. The van der Waals surface area contributed by atoms with Crippen LogP contribution in [0.4, 0.5) is 0 Å². The van der Waals surface area contributed by atoms with Gasteiger partial charge in [-0.15, -0.1) is 0 Å². The maximum atomic E-state index is 13.5. The lowest BCUT2D eigenvalue weighted by molar-refractivity contribution is -0.142. The summed E-state index contributed by atoms with van der Waals surface area (Å²) in [6.07, 6.45) is 0.972. The fourth-order valence-corrected chi connectivity index (χ4v) is 4.39. The van der Waals surface area contributed by atoms with Crippen LogP contribution in [-0.2, 0) is 36.8 Å². The predicted octanol–water partition coefficient (Wildman–Crippen LogP) is 0.614. The Labute approximate surface area is 241 Å². The molecular formula is C28H33N5O7S. The first-order valence-electron chi connectivity index (χ1n) is 12.9. The number of rotatable bonds is 15. The molecule has 0 saturated carbocycles. The van der Waals surface area contributed by atoms with Crippen molar-refractivity contribution >= 4 is 53.2 Å². The number of fused-ring (bicyclic) bond motifs is 1. The number of carboxylic acid groups (broad SMARTS) is 2. The first-order valence-corrected chi connectivity index (χ1v) is 13.5. The summed E-state index contributed by atoms with van der Waals surface area (Å²) in [5.74, 6) is -4.75. The molecule has 2 aromatic carbocycles. The first kappa shape index (κ1) is 31.2. The van der Waals surface area contributed by atoms with Gasteiger partial charge in [0.05, 0.1) is 6.04 Å². The van der Waals surface area contributed by atoms with Crippen LogP contribution in [0.15, 0.2) is 60.8 Å². The number of H-pyrrole nitrogens is 1. The second kappa shape index (κ2) is 14.9. The number of thiol groups is 1. The molecule has 13 heteroatoms. The minimum absolute atomic E-state index is 0.00851. The third kappa shape index (κ3) is 9.08. The number of hydrogen-bond acceptors (Lipinski definition) is 7. The molecule has 8 N–H and O–H groups in total. The van der Waals surface area contributed by atoms with Crippen LogP contribution in [0.25, 0.3) is 10.9 Å². The van der Waals surface area contributed by atoms with E-state index in [4.69, 9.17) is 10.8 Å². The van der Waals surface area contributed by atoms with Gasteiger partial charge in [-0.25, -0.2) is 4.79 Å². The van der Waals surface area contributed by atoms with Crippen LogP contribution in [0.1, 0.15) is 24.0 Å². The van der Waals surface area contributed by atoms with Crippen molar-refractivity contribution in [3.8, 4) is 0 Å². The smallest absolute Gasteiger partial charge is 0.326 e. The van der Waals surface area contributed by atoms with Crippen molar-refractivity contribution in [2.24, 2.45) is 5.73 Å². The van der Waals surface area contributed by atoms with Gasteiger partial charge in [-0.05, 0) is 23.6 Å². The lowest BCUT2D eigenvalue weighted by Crippen LogP contribution is -2.58. The van der Waals surface area contributed by atoms with E-state index in [-0.39, 0.29) is 25.0 Å². The lowest BCUT2D eigenvalue weighted by Gasteiger charge is -2.25. The molecule has 0 radical (unpaired) electrons. The zero-order chi connectivity index (χ0) is 29.9. The number of aromatic amines is 1. The molecule has 3 amide bonds. The number of hydrogen-bond donors (Lipinski definition) is 8. The molecular weight excluding hydrogens is 550 g/mol. The van der Waals surface area contributed by atoms with Crippen molar-refractivity contribution in [1.29, 1.82) is 0 Å². The number of aromatic nitrogens is 1. The number of nitrogens with two attached hydrogens (primary N) is 1. The molecule has 1 heterocycles. The number of carbonyl (C=O) groups is 5. The van der Waals surface area contributed by atoms with E-state index in [0.717, 1.165) is 10.9 Å². The van der Waals surface area contributed by atoms with Crippen LogP contribution < -0.4 is 21.7 Å². The van der Waals surface area contributed by atoms with Gasteiger partial charge in [-0.1, -0.05) is 48.5 Å². The summed E-state index contributed by atoms with van der Waals surface area (Å²) in [7, 11) is 0. The van der Waals surface area contributed by atoms with Crippen LogP contribution in [0.5, 0.6) is 0 Å². The van der Waals surface area contributed by atoms with Gasteiger partial charge in [-0.3, -0.25) is 19.2 Å². The van der Waals surface area contributed by atoms with Crippen LogP contribution in [0.2, 0.25) is 0 Å². The molecule has 0 aliphatic rings. The Hall–Kier alpha value is -4.36. The molecule has 0 fully saturated rings. The number of carboxylic acids is 2. The van der Waals surface area contributed by atoms with Crippen molar-refractivity contribution < 1.29 is 34.2 Å². The topological polar surface area (TPSA) is 204 Å². The van der Waals surface area contributed by atoms with Crippen molar-refractivity contribution in [2.75, 3.05) is 5.75 Å². The average Bonchev–Trinajstić information content (AvgIpc) is 3.36. The van der Waals surface area contributed by atoms with Crippen molar-refractivity contribution in [3.05, 3.63) is 71.9 Å². The highest BCUT2D eigenvalue weighted by Gasteiger charge is 2.31. The molecule has 12 nitrogen and oxygen atoms in total. The van der Waals surface area contributed by atoms with Crippen LogP contribution in [-0.4, -0.2) is 74.8 Å². The summed E-state index contributed by atoms with van der Waals surface area (Å²) >= 11 is 3.97. The monoisotopic (exact) mass is 583 g/mol. The molecule has 218 valence electrons. The quantitative estimate of drug-likeness (QED) is 0.119. The summed E-state index contributed by atoms with van der Waals surface area (Å²) < 4.78 is 0. The third-order valence-corrected chi connectivity index (χ3v) is 6.84. The Kier molecular flexibility index (Phi) is 11.3. The summed E-state index contributed by atoms with van der Waals surface area (Å²) in [6, 6.07) is 11.2. The van der Waals surface area contributed by atoms with Gasteiger partial charge in [-0.2, -0.15) is 12.6 Å². The largest absolute Gasteiger partial charge is 0.481 e. The minimum Gasteiger partial charge on any atom is -0.481 e. The number of benzene rings is 2. The Bertz CT molecular complexity index is 1380. The molecule has 4 unspecified atom stereocenters. The molecule has 0 aliphatic carbocycles. The van der Waals surface area contributed by atoms with Crippen LogP contribution >= 0.6 is 12.6 Å². The summed E-state index contributed by atoms with van der Waals surface area (Å²) in [5.41, 5.74) is 7.87. The van der Waals surface area contributed by atoms with Gasteiger partial charge in [0.1, 0.15) is 18.1 Å². The molecule has 3 rings (SSSR count). The predicted molar refractivity (Wildman–Crippen MR) is 154 cm³/mol. The van der Waals surface area contributed by atoms with Gasteiger partial charge < -0.3 is 36.9 Å². The van der Waals surface area contributed by atoms with Gasteiger partial charge in [0.25, 0.3) is 0 Å². The highest BCUT2D eigenvalue weighted by molar-refractivity contribution is 7.80. The molecule has 1 aromatic heterocycles. The zero-order valence-electron chi connectivity index (χ0n) is 22.1. The molecule has 0 bridgehead atoms. The van der Waals surface area contributed by atoms with Crippen molar-refractivity contribution in [3.63, 3.8) is 0 Å². The van der Waals surface area contributed by atoms with E-state index in [1.165, 1.54) is 0 Å². The highest BCUT2D eigenvalue weighted by Crippen LogP contribution is 2.19. The zero-order valence-corrected chi connectivity index (χ0v) is 23.0. The van der Waals surface area contributed by atoms with E-state index < -0.39 is 60.2 Å². The molecule has 0 saturated heterocycles. The third-order valence-electron chi connectivity index (χ3n) is 6.44. The second-order valence-corrected chi connectivity index (χ2v) is 9.86. The van der Waals surface area contributed by atoms with E-state index in [0.29, 0.717) is 11.1 Å². The molecule has 0 aliphatic heterocycles. The van der Waals surface area contributed by atoms with E-state index >= 15 is 0 Å². The molecule has 4 atom stereocenters. The Morgan fingerprint density at radius 2 is 1.41 bits per heavy atom. The fourth-order valence-electron chi connectivity index (χ4n) is 4.22. The second-order valence-electron chi connectivity index (χ2n) is 9.50. The van der Waals surface area contributed by atoms with E-state index in [1.807, 2.05) is 24.3 Å². The minimum atomic E-state index is -1.32. The normalized spacial score (nSPS) is 13.9. The fraction of sp³-hybridized carbons (Fsp3) is 0.321. The summed E-state index contributed by atoms with van der Waals surface area (Å²) in [6.45, 7) is 0. The summed E-state index contributed by atoms with van der Waals surface area (Å²) in [5, 5.41) is 27.3. The molecule has 0 spiro atoms. The van der Waals surface area contributed by atoms with Crippen LogP contribution in [0, 0.1) is 0 Å². The van der Waals surface area contributed by atoms with Gasteiger partial charge in [0.2, 0.25) is 17.7 Å². The number of carbonyl (C=O) groups excluding carboxylic acids is 3. The maximum absolute atomic E-state index is 13.5. The maximum Gasteiger partial charge on any atom is 0.326 e. The standard InChI is InChI=1S/C28H33N5O7S/c29-19(15-41)25(36)31-21(10-11-24(34)35)26(37)32-22(13-17-14-30-20-9-5-4-8-18(17)20)27(38)33-23(28(39)40)12-16-6-2-1-3-7-16/h1-9,14,19,21-23,30,41H,10-13,15,29H2,(H,31,36)(H,32,37)(H,33,38)(H,34,35)(H,39,40). The van der Waals surface area contributed by atoms with E-state index in [1.54, 1.807) is 36.5 Å². The van der Waals surface area contributed by atoms with Crippen molar-refractivity contribution in [1.82, 2.24) is 20.9 Å². The number of nitrogens with one attached hydrogen (secondary N) is 4. The summed E-state index contributed by atoms with van der Waals surface area (Å²) in [4.78, 5) is 65.5. The van der Waals surface area contributed by atoms with Crippen molar-refractivity contribution in [2.45, 2.75) is 49.9 Å².